The fraction of sp³-hybridized carbons (Fsp3) is 0.450. The van der Waals surface area contributed by atoms with Crippen molar-refractivity contribution in [1.29, 1.82) is 0 Å². The van der Waals surface area contributed by atoms with E-state index >= 15 is 0 Å². The first kappa shape index (κ1) is 15.9. The number of anilines is 1. The van der Waals surface area contributed by atoms with Crippen LogP contribution in [0.5, 0.6) is 0 Å². The third kappa shape index (κ3) is 2.80. The SMILES string of the molecule is CC1=CC2(CCN(c3ccnc4c(C)cc(Cl)cc34)CC2)OCC1. The molecule has 1 fully saturated rings. The normalized spacial score (nSPS) is 20.5. The molecule has 2 aliphatic rings. The van der Waals surface area contributed by atoms with E-state index in [9.17, 15) is 0 Å². The minimum absolute atomic E-state index is 0.0464. The largest absolute Gasteiger partial charge is 0.371 e. The molecule has 0 bridgehead atoms. The van der Waals surface area contributed by atoms with Gasteiger partial charge in [-0.25, -0.2) is 0 Å². The summed E-state index contributed by atoms with van der Waals surface area (Å²) in [6.45, 7) is 7.13. The number of nitrogens with zero attached hydrogens (tertiary/aromatic N) is 2. The molecule has 1 aromatic heterocycles. The minimum Gasteiger partial charge on any atom is -0.371 e. The van der Waals surface area contributed by atoms with Gasteiger partial charge >= 0.3 is 0 Å². The summed E-state index contributed by atoms with van der Waals surface area (Å²) in [5, 5.41) is 1.92. The first-order valence-corrected chi connectivity index (χ1v) is 9.06. The van der Waals surface area contributed by atoms with E-state index in [4.69, 9.17) is 16.3 Å². The summed E-state index contributed by atoms with van der Waals surface area (Å²) in [6.07, 6.45) is 7.41. The highest BCUT2D eigenvalue weighted by Crippen LogP contribution is 2.37. The van der Waals surface area contributed by atoms with E-state index in [0.717, 1.165) is 60.4 Å². The fourth-order valence-corrected chi connectivity index (χ4v) is 4.32. The Hall–Kier alpha value is -1.58. The number of halogens is 1. The van der Waals surface area contributed by atoms with Crippen molar-refractivity contribution >= 4 is 28.2 Å². The van der Waals surface area contributed by atoms with Crippen molar-refractivity contribution in [3.05, 3.63) is 46.6 Å². The minimum atomic E-state index is -0.0464. The van der Waals surface area contributed by atoms with Gasteiger partial charge < -0.3 is 9.64 Å². The first-order valence-electron chi connectivity index (χ1n) is 8.68. The smallest absolute Gasteiger partial charge is 0.0898 e. The fourth-order valence-electron chi connectivity index (χ4n) is 4.04. The van der Waals surface area contributed by atoms with Gasteiger partial charge in [0.15, 0.2) is 0 Å². The number of aromatic nitrogens is 1. The van der Waals surface area contributed by atoms with Crippen LogP contribution < -0.4 is 4.90 Å². The molecule has 1 aromatic carbocycles. The average molecular weight is 343 g/mol. The van der Waals surface area contributed by atoms with E-state index in [-0.39, 0.29) is 5.60 Å². The number of pyridine rings is 1. The lowest BCUT2D eigenvalue weighted by Crippen LogP contribution is -2.46. The average Bonchev–Trinajstić information content (AvgIpc) is 2.55. The summed E-state index contributed by atoms with van der Waals surface area (Å²) in [6, 6.07) is 6.13. The number of ether oxygens (including phenoxy) is 1. The van der Waals surface area contributed by atoms with Crippen LogP contribution >= 0.6 is 11.6 Å². The predicted octanol–water partition coefficient (Wildman–Crippen LogP) is 4.90. The van der Waals surface area contributed by atoms with Gasteiger partial charge in [-0.2, -0.15) is 0 Å². The zero-order valence-corrected chi connectivity index (χ0v) is 15.1. The summed E-state index contributed by atoms with van der Waals surface area (Å²) in [7, 11) is 0. The van der Waals surface area contributed by atoms with E-state index in [2.05, 4.69) is 35.9 Å². The van der Waals surface area contributed by atoms with Crippen LogP contribution in [0.25, 0.3) is 10.9 Å². The van der Waals surface area contributed by atoms with Gasteiger partial charge in [0.05, 0.1) is 17.7 Å². The number of hydrogen-bond acceptors (Lipinski definition) is 3. The summed E-state index contributed by atoms with van der Waals surface area (Å²) >= 11 is 6.29. The Morgan fingerprint density at radius 1 is 1.21 bits per heavy atom. The second kappa shape index (κ2) is 6.05. The summed E-state index contributed by atoms with van der Waals surface area (Å²) in [5.41, 5.74) is 4.82. The first-order chi connectivity index (χ1) is 11.6. The van der Waals surface area contributed by atoms with Gasteiger partial charge in [-0.15, -0.1) is 0 Å². The molecule has 2 aliphatic heterocycles. The van der Waals surface area contributed by atoms with Gasteiger partial charge in [0, 0.05) is 35.4 Å². The van der Waals surface area contributed by atoms with E-state index in [1.165, 1.54) is 11.3 Å². The Bertz CT molecular complexity index is 807. The number of rotatable bonds is 1. The highest BCUT2D eigenvalue weighted by molar-refractivity contribution is 6.31. The van der Waals surface area contributed by atoms with Crippen LogP contribution in [-0.4, -0.2) is 30.3 Å². The van der Waals surface area contributed by atoms with Crippen LogP contribution in [-0.2, 0) is 4.74 Å². The number of aryl methyl sites for hydroxylation is 1. The third-order valence-corrected chi connectivity index (χ3v) is 5.54. The Balaban J connectivity index is 1.65. The molecule has 3 nitrogen and oxygen atoms in total. The molecule has 0 atom stereocenters. The number of piperidine rings is 1. The van der Waals surface area contributed by atoms with E-state index in [0.29, 0.717) is 0 Å². The topological polar surface area (TPSA) is 25.4 Å². The van der Waals surface area contributed by atoms with Gasteiger partial charge in [0.25, 0.3) is 0 Å². The van der Waals surface area contributed by atoms with Crippen LogP contribution in [0.4, 0.5) is 5.69 Å². The summed E-state index contributed by atoms with van der Waals surface area (Å²) in [5.74, 6) is 0. The van der Waals surface area contributed by atoms with Gasteiger partial charge in [0.1, 0.15) is 0 Å². The van der Waals surface area contributed by atoms with E-state index in [1.54, 1.807) is 0 Å². The van der Waals surface area contributed by atoms with Gasteiger partial charge in [-0.1, -0.05) is 23.3 Å². The standard InChI is InChI=1S/C20H23ClN2O/c1-14-4-10-24-20(13-14)5-8-23(9-6-20)18-3-7-22-19-15(2)11-16(21)12-17(18)19/h3,7,11-13H,4-6,8-10H2,1-2H3. The maximum atomic E-state index is 6.29. The molecule has 3 heterocycles. The molecule has 1 spiro atoms. The lowest BCUT2D eigenvalue weighted by atomic mass is 9.86. The maximum absolute atomic E-state index is 6.29. The lowest BCUT2D eigenvalue weighted by Gasteiger charge is -2.43. The zero-order chi connectivity index (χ0) is 16.7. The number of benzene rings is 1. The van der Waals surface area contributed by atoms with Crippen molar-refractivity contribution < 1.29 is 4.74 Å². The van der Waals surface area contributed by atoms with Gasteiger partial charge in [0.2, 0.25) is 0 Å². The van der Waals surface area contributed by atoms with E-state index < -0.39 is 0 Å². The second-order valence-corrected chi connectivity index (χ2v) is 7.53. The molecule has 0 N–H and O–H groups in total. The molecule has 2 aromatic rings. The van der Waals surface area contributed by atoms with Gasteiger partial charge in [-0.3, -0.25) is 4.98 Å². The number of hydrogen-bond donors (Lipinski definition) is 0. The third-order valence-electron chi connectivity index (χ3n) is 5.32. The highest BCUT2D eigenvalue weighted by Gasteiger charge is 2.35. The molecular weight excluding hydrogens is 320 g/mol. The van der Waals surface area contributed by atoms with Crippen LogP contribution in [0.3, 0.4) is 0 Å². The molecule has 1 saturated heterocycles. The zero-order valence-electron chi connectivity index (χ0n) is 14.3. The van der Waals surface area contributed by atoms with Crippen molar-refractivity contribution in [2.24, 2.45) is 0 Å². The molecule has 126 valence electrons. The van der Waals surface area contributed by atoms with Crippen molar-refractivity contribution in [1.82, 2.24) is 4.98 Å². The summed E-state index contributed by atoms with van der Waals surface area (Å²) in [4.78, 5) is 7.00. The molecular formula is C20H23ClN2O. The van der Waals surface area contributed by atoms with Crippen molar-refractivity contribution in [2.75, 3.05) is 24.6 Å². The van der Waals surface area contributed by atoms with Crippen molar-refractivity contribution in [3.8, 4) is 0 Å². The second-order valence-electron chi connectivity index (χ2n) is 7.09. The van der Waals surface area contributed by atoms with Crippen molar-refractivity contribution in [3.63, 3.8) is 0 Å². The van der Waals surface area contributed by atoms with Crippen molar-refractivity contribution in [2.45, 2.75) is 38.7 Å². The lowest BCUT2D eigenvalue weighted by molar-refractivity contribution is -0.0325. The Morgan fingerprint density at radius 3 is 2.75 bits per heavy atom. The van der Waals surface area contributed by atoms with E-state index in [1.807, 2.05) is 18.3 Å². The van der Waals surface area contributed by atoms with Crippen LogP contribution in [0, 0.1) is 6.92 Å². The maximum Gasteiger partial charge on any atom is 0.0898 e. The Kier molecular flexibility index (Phi) is 4.01. The van der Waals surface area contributed by atoms with Gasteiger partial charge in [-0.05, 0) is 56.9 Å². The highest BCUT2D eigenvalue weighted by atomic mass is 35.5. The Labute approximate surface area is 148 Å². The summed E-state index contributed by atoms with van der Waals surface area (Å²) < 4.78 is 6.15. The molecule has 0 saturated carbocycles. The molecule has 4 rings (SSSR count). The predicted molar refractivity (Wildman–Crippen MR) is 100.0 cm³/mol. The molecule has 0 radical (unpaired) electrons. The van der Waals surface area contributed by atoms with Crippen LogP contribution in [0.1, 0.15) is 31.7 Å². The Morgan fingerprint density at radius 2 is 2.00 bits per heavy atom. The van der Waals surface area contributed by atoms with Crippen LogP contribution in [0.2, 0.25) is 5.02 Å². The molecule has 0 unspecified atom stereocenters. The van der Waals surface area contributed by atoms with Crippen LogP contribution in [0.15, 0.2) is 36.0 Å². The molecule has 0 amide bonds. The molecule has 0 aliphatic carbocycles. The quantitative estimate of drug-likeness (QED) is 0.689. The molecule has 24 heavy (non-hydrogen) atoms. The molecule has 4 heteroatoms. The monoisotopic (exact) mass is 342 g/mol. The number of fused-ring (bicyclic) bond motifs is 1.